The van der Waals surface area contributed by atoms with Crippen molar-refractivity contribution in [3.63, 3.8) is 0 Å². The summed E-state index contributed by atoms with van der Waals surface area (Å²) in [6.45, 7) is 5.60. The Morgan fingerprint density at radius 1 is 1.07 bits per heavy atom. The fourth-order valence-electron chi connectivity index (χ4n) is 2.69. The number of para-hydroxylation sites is 1. The van der Waals surface area contributed by atoms with Gasteiger partial charge in [0, 0.05) is 5.69 Å². The number of benzene rings is 2. The normalized spacial score (nSPS) is 13.4. The maximum Gasteiger partial charge on any atom is 0.338 e. The zero-order valence-corrected chi connectivity index (χ0v) is 17.7. The van der Waals surface area contributed by atoms with Crippen molar-refractivity contribution in [2.45, 2.75) is 44.1 Å². The smallest absolute Gasteiger partial charge is 0.338 e. The number of carbonyl (C=O) groups is 2. The summed E-state index contributed by atoms with van der Waals surface area (Å²) in [5.74, 6) is -0.981. The molecular weight excluding hydrogens is 392 g/mol. The number of carbonyl (C=O) groups excluding carboxylic acids is 2. The molecule has 1 amide bonds. The number of sulfonamides is 1. The summed E-state index contributed by atoms with van der Waals surface area (Å²) in [6.07, 6.45) is -0.138. The summed E-state index contributed by atoms with van der Waals surface area (Å²) < 4.78 is 31.2. The van der Waals surface area contributed by atoms with E-state index in [1.54, 1.807) is 6.07 Å². The summed E-state index contributed by atoms with van der Waals surface area (Å²) in [5, 5.41) is 2.81. The average Bonchev–Trinajstić information content (AvgIpc) is 2.73. The van der Waals surface area contributed by atoms with Crippen molar-refractivity contribution in [1.29, 1.82) is 0 Å². The van der Waals surface area contributed by atoms with Crippen molar-refractivity contribution in [3.05, 3.63) is 59.7 Å². The fourth-order valence-corrected chi connectivity index (χ4v) is 3.46. The number of anilines is 1. The number of hydrogen-bond acceptors (Lipinski definition) is 5. The number of rotatable bonds is 8. The van der Waals surface area contributed by atoms with Crippen molar-refractivity contribution < 1.29 is 22.7 Å². The second-order valence-corrected chi connectivity index (χ2v) is 8.56. The Hall–Kier alpha value is -2.71. The molecule has 2 aromatic rings. The lowest BCUT2D eigenvalue weighted by atomic mass is 9.97. The van der Waals surface area contributed by atoms with Gasteiger partial charge in [0.25, 0.3) is 5.91 Å². The van der Waals surface area contributed by atoms with Gasteiger partial charge in [-0.25, -0.2) is 17.9 Å². The van der Waals surface area contributed by atoms with Crippen LogP contribution < -0.4 is 10.0 Å². The van der Waals surface area contributed by atoms with Crippen LogP contribution in [0.3, 0.4) is 0 Å². The van der Waals surface area contributed by atoms with E-state index in [1.807, 2.05) is 18.2 Å². The molecule has 2 atom stereocenters. The Morgan fingerprint density at radius 2 is 1.76 bits per heavy atom. The molecule has 0 saturated carbocycles. The van der Waals surface area contributed by atoms with E-state index in [1.165, 1.54) is 38.2 Å². The van der Waals surface area contributed by atoms with Crippen LogP contribution in [0.5, 0.6) is 0 Å². The van der Waals surface area contributed by atoms with Crippen molar-refractivity contribution in [3.8, 4) is 0 Å². The first-order valence-corrected chi connectivity index (χ1v) is 10.8. The molecule has 0 spiro atoms. The first kappa shape index (κ1) is 22.6. The van der Waals surface area contributed by atoms with E-state index in [0.717, 1.165) is 12.0 Å². The molecule has 0 bridgehead atoms. The molecule has 156 valence electrons. The Morgan fingerprint density at radius 3 is 2.41 bits per heavy atom. The summed E-state index contributed by atoms with van der Waals surface area (Å²) in [7, 11) is -2.41. The zero-order valence-electron chi connectivity index (χ0n) is 16.9. The minimum Gasteiger partial charge on any atom is -0.449 e. The number of esters is 1. The number of amides is 1. The summed E-state index contributed by atoms with van der Waals surface area (Å²) in [6, 6.07) is 12.9. The first-order valence-electron chi connectivity index (χ1n) is 9.34. The van der Waals surface area contributed by atoms with E-state index in [2.05, 4.69) is 23.9 Å². The highest BCUT2D eigenvalue weighted by atomic mass is 32.2. The van der Waals surface area contributed by atoms with Gasteiger partial charge >= 0.3 is 5.97 Å². The van der Waals surface area contributed by atoms with Crippen LogP contribution in [0.25, 0.3) is 0 Å². The molecule has 0 fully saturated rings. The Labute approximate surface area is 171 Å². The van der Waals surface area contributed by atoms with Gasteiger partial charge in [-0.2, -0.15) is 0 Å². The fraction of sp³-hybridized carbons (Fsp3) is 0.333. The summed E-state index contributed by atoms with van der Waals surface area (Å²) >= 11 is 0. The highest BCUT2D eigenvalue weighted by Crippen LogP contribution is 2.26. The van der Waals surface area contributed by atoms with Crippen LogP contribution in [0.2, 0.25) is 0 Å². The topological polar surface area (TPSA) is 102 Å². The largest absolute Gasteiger partial charge is 0.449 e. The van der Waals surface area contributed by atoms with Gasteiger partial charge < -0.3 is 10.1 Å². The molecule has 0 saturated heterocycles. The molecule has 0 radical (unpaired) electrons. The third-order valence-electron chi connectivity index (χ3n) is 4.66. The Bertz CT molecular complexity index is 988. The van der Waals surface area contributed by atoms with Gasteiger partial charge in [0.1, 0.15) is 0 Å². The molecule has 0 unspecified atom stereocenters. The number of ether oxygens (including phenoxy) is 1. The third kappa shape index (κ3) is 5.65. The predicted molar refractivity (Wildman–Crippen MR) is 111 cm³/mol. The van der Waals surface area contributed by atoms with E-state index in [-0.39, 0.29) is 16.4 Å². The van der Waals surface area contributed by atoms with Crippen molar-refractivity contribution in [2.24, 2.45) is 0 Å². The first-order chi connectivity index (χ1) is 13.7. The monoisotopic (exact) mass is 418 g/mol. The van der Waals surface area contributed by atoms with Crippen LogP contribution in [0.15, 0.2) is 53.4 Å². The van der Waals surface area contributed by atoms with Crippen LogP contribution in [-0.4, -0.2) is 33.4 Å². The van der Waals surface area contributed by atoms with Gasteiger partial charge in [-0.05, 0) is 56.1 Å². The lowest BCUT2D eigenvalue weighted by Crippen LogP contribution is -2.30. The van der Waals surface area contributed by atoms with Gasteiger partial charge in [-0.1, -0.05) is 38.1 Å². The van der Waals surface area contributed by atoms with Gasteiger partial charge in [-0.3, -0.25) is 4.79 Å². The lowest BCUT2D eigenvalue weighted by Gasteiger charge is -2.18. The molecule has 29 heavy (non-hydrogen) atoms. The second kappa shape index (κ2) is 9.67. The lowest BCUT2D eigenvalue weighted by molar-refractivity contribution is -0.123. The zero-order chi connectivity index (χ0) is 21.6. The van der Waals surface area contributed by atoms with E-state index in [0.29, 0.717) is 5.69 Å². The molecule has 0 aliphatic rings. The van der Waals surface area contributed by atoms with Gasteiger partial charge in [0.05, 0.1) is 10.5 Å². The molecule has 2 N–H and O–H groups in total. The molecule has 0 heterocycles. The van der Waals surface area contributed by atoms with Crippen LogP contribution in [0.4, 0.5) is 5.69 Å². The molecule has 2 aromatic carbocycles. The molecule has 0 aromatic heterocycles. The molecular formula is C21H26N2O5S. The van der Waals surface area contributed by atoms with Crippen LogP contribution in [0.1, 0.15) is 49.0 Å². The predicted octanol–water partition coefficient (Wildman–Crippen LogP) is 3.29. The average molecular weight is 419 g/mol. The Balaban J connectivity index is 2.11. The molecule has 2 rings (SSSR count). The Kier molecular flexibility index (Phi) is 7.53. The minimum atomic E-state index is -3.69. The van der Waals surface area contributed by atoms with E-state index < -0.39 is 28.0 Å². The standard InChI is InChI=1S/C21H26N2O5S/c1-5-14(2)18-11-6-7-12-19(18)23-20(24)15(3)28-21(25)16-9-8-10-17(13-16)29(26,27)22-4/h6-15,22H,5H2,1-4H3,(H,23,24)/t14-,15-/m0/s1. The second-order valence-electron chi connectivity index (χ2n) is 6.67. The highest BCUT2D eigenvalue weighted by molar-refractivity contribution is 7.89. The highest BCUT2D eigenvalue weighted by Gasteiger charge is 2.22. The van der Waals surface area contributed by atoms with Crippen LogP contribution in [-0.2, 0) is 19.6 Å². The van der Waals surface area contributed by atoms with E-state index in [9.17, 15) is 18.0 Å². The van der Waals surface area contributed by atoms with E-state index >= 15 is 0 Å². The SMILES string of the molecule is CC[C@H](C)c1ccccc1NC(=O)[C@H](C)OC(=O)c1cccc(S(=O)(=O)NC)c1. The quantitative estimate of drug-likeness (QED) is 0.641. The minimum absolute atomic E-state index is 0.0426. The van der Waals surface area contributed by atoms with Gasteiger partial charge in [-0.15, -0.1) is 0 Å². The summed E-state index contributed by atoms with van der Waals surface area (Å²) in [5.41, 5.74) is 1.73. The van der Waals surface area contributed by atoms with E-state index in [4.69, 9.17) is 4.74 Å². The summed E-state index contributed by atoms with van der Waals surface area (Å²) in [4.78, 5) is 24.8. The van der Waals surface area contributed by atoms with Crippen molar-refractivity contribution >= 4 is 27.6 Å². The third-order valence-corrected chi connectivity index (χ3v) is 6.08. The van der Waals surface area contributed by atoms with Crippen molar-refractivity contribution in [1.82, 2.24) is 4.72 Å². The molecule has 7 nitrogen and oxygen atoms in total. The van der Waals surface area contributed by atoms with Crippen LogP contribution in [0, 0.1) is 0 Å². The number of hydrogen-bond donors (Lipinski definition) is 2. The van der Waals surface area contributed by atoms with Crippen LogP contribution >= 0.6 is 0 Å². The number of nitrogens with one attached hydrogen (secondary N) is 2. The molecule has 0 aliphatic carbocycles. The van der Waals surface area contributed by atoms with Crippen molar-refractivity contribution in [2.75, 3.05) is 12.4 Å². The van der Waals surface area contributed by atoms with Gasteiger partial charge in [0.2, 0.25) is 10.0 Å². The molecule has 0 aliphatic heterocycles. The molecule has 8 heteroatoms. The maximum atomic E-state index is 12.5. The maximum absolute atomic E-state index is 12.5. The van der Waals surface area contributed by atoms with Gasteiger partial charge in [0.15, 0.2) is 6.10 Å².